The molecule has 0 aliphatic heterocycles. The summed E-state index contributed by atoms with van der Waals surface area (Å²) in [6.45, 7) is 0.268. The topological polar surface area (TPSA) is 46.9 Å². The lowest BCUT2D eigenvalue weighted by Gasteiger charge is -2.37. The van der Waals surface area contributed by atoms with E-state index in [2.05, 4.69) is 10.3 Å². The van der Waals surface area contributed by atoms with Gasteiger partial charge in [0.25, 0.3) is 5.91 Å². The maximum Gasteiger partial charge on any atom is 0.251 e. The number of rotatable bonds is 7. The molecule has 0 aliphatic rings. The van der Waals surface area contributed by atoms with Crippen molar-refractivity contribution >= 4 is 40.7 Å². The fourth-order valence-corrected chi connectivity index (χ4v) is 4.84. The molecule has 0 atom stereocenters. The molecule has 4 aromatic carbocycles. The van der Waals surface area contributed by atoms with Gasteiger partial charge in [-0.25, -0.2) is 4.98 Å². The number of halogens is 3. The van der Waals surface area contributed by atoms with E-state index >= 15 is 0 Å². The fraction of sp³-hybridized carbons (Fsp3) is 0.0667. The first-order chi connectivity index (χ1) is 18.0. The van der Waals surface area contributed by atoms with Crippen LogP contribution in [0.1, 0.15) is 21.5 Å². The van der Waals surface area contributed by atoms with Gasteiger partial charge in [-0.1, -0.05) is 83.3 Å². The van der Waals surface area contributed by atoms with Crippen LogP contribution < -0.4 is 5.32 Å². The predicted molar refractivity (Wildman–Crippen MR) is 151 cm³/mol. The average Bonchev–Trinajstić information content (AvgIpc) is 3.47. The highest BCUT2D eigenvalue weighted by molar-refractivity contribution is 6.31. The van der Waals surface area contributed by atoms with Crippen molar-refractivity contribution in [2.75, 3.05) is 6.54 Å². The van der Waals surface area contributed by atoms with E-state index in [1.165, 1.54) is 0 Å². The number of carbonyl (C=O) groups excluding carboxylic acids is 1. The van der Waals surface area contributed by atoms with Crippen molar-refractivity contribution in [3.8, 4) is 11.1 Å². The molecule has 0 saturated carbocycles. The van der Waals surface area contributed by atoms with Gasteiger partial charge < -0.3 is 9.88 Å². The van der Waals surface area contributed by atoms with Gasteiger partial charge >= 0.3 is 0 Å². The third-order valence-corrected chi connectivity index (χ3v) is 7.17. The second-order valence-electron chi connectivity index (χ2n) is 8.61. The molecule has 0 unspecified atom stereocenters. The van der Waals surface area contributed by atoms with Crippen LogP contribution >= 0.6 is 34.8 Å². The number of imidazole rings is 1. The Kier molecular flexibility index (Phi) is 7.33. The number of nitrogens with zero attached hydrogens (tertiary/aromatic N) is 2. The summed E-state index contributed by atoms with van der Waals surface area (Å²) in [7, 11) is 0. The zero-order chi connectivity index (χ0) is 25.8. The summed E-state index contributed by atoms with van der Waals surface area (Å²) in [4.78, 5) is 17.6. The van der Waals surface area contributed by atoms with Crippen LogP contribution in [0.15, 0.2) is 116 Å². The molecule has 1 N–H and O–H groups in total. The highest BCUT2D eigenvalue weighted by Crippen LogP contribution is 2.35. The van der Waals surface area contributed by atoms with E-state index in [1.807, 2.05) is 108 Å². The molecule has 5 rings (SSSR count). The van der Waals surface area contributed by atoms with Gasteiger partial charge in [0.15, 0.2) is 0 Å². The molecule has 1 amide bonds. The number of aromatic nitrogens is 2. The number of hydrogen-bond acceptors (Lipinski definition) is 2. The Morgan fingerprint density at radius 1 is 0.703 bits per heavy atom. The average molecular weight is 547 g/mol. The zero-order valence-electron chi connectivity index (χ0n) is 19.6. The Hall–Kier alpha value is -3.57. The van der Waals surface area contributed by atoms with Gasteiger partial charge in [-0.3, -0.25) is 4.79 Å². The van der Waals surface area contributed by atoms with E-state index < -0.39 is 5.54 Å². The van der Waals surface area contributed by atoms with Crippen LogP contribution in [-0.2, 0) is 5.54 Å². The van der Waals surface area contributed by atoms with E-state index in [9.17, 15) is 4.79 Å². The van der Waals surface area contributed by atoms with E-state index in [-0.39, 0.29) is 12.5 Å². The summed E-state index contributed by atoms with van der Waals surface area (Å²) >= 11 is 18.4. The van der Waals surface area contributed by atoms with Crippen LogP contribution in [0.25, 0.3) is 11.1 Å². The third kappa shape index (κ3) is 5.28. The molecule has 0 radical (unpaired) electrons. The van der Waals surface area contributed by atoms with Crippen molar-refractivity contribution in [3.05, 3.63) is 148 Å². The molecule has 0 spiro atoms. The normalized spacial score (nSPS) is 11.3. The number of benzene rings is 4. The van der Waals surface area contributed by atoms with Gasteiger partial charge in [-0.15, -0.1) is 0 Å². The summed E-state index contributed by atoms with van der Waals surface area (Å²) in [6.07, 6.45) is 5.35. The number of carbonyl (C=O) groups is 1. The number of hydrogen-bond donors (Lipinski definition) is 1. The zero-order valence-corrected chi connectivity index (χ0v) is 21.9. The summed E-state index contributed by atoms with van der Waals surface area (Å²) in [5.41, 5.74) is 3.69. The molecule has 0 aliphatic carbocycles. The monoisotopic (exact) mass is 545 g/mol. The molecular weight excluding hydrogens is 525 g/mol. The largest absolute Gasteiger partial charge is 0.349 e. The minimum absolute atomic E-state index is 0.185. The highest BCUT2D eigenvalue weighted by Gasteiger charge is 2.37. The van der Waals surface area contributed by atoms with Gasteiger partial charge in [-0.2, -0.15) is 0 Å². The van der Waals surface area contributed by atoms with Crippen LogP contribution in [0.4, 0.5) is 0 Å². The van der Waals surface area contributed by atoms with Crippen LogP contribution in [-0.4, -0.2) is 22.0 Å². The Bertz CT molecular complexity index is 1440. The van der Waals surface area contributed by atoms with Crippen molar-refractivity contribution in [2.45, 2.75) is 5.54 Å². The first kappa shape index (κ1) is 25.1. The van der Waals surface area contributed by atoms with Gasteiger partial charge in [0.05, 0.1) is 6.33 Å². The van der Waals surface area contributed by atoms with Crippen LogP contribution in [0.3, 0.4) is 0 Å². The summed E-state index contributed by atoms with van der Waals surface area (Å²) < 4.78 is 1.99. The van der Waals surface area contributed by atoms with Gasteiger partial charge in [-0.05, 0) is 70.8 Å². The first-order valence-electron chi connectivity index (χ1n) is 11.6. The Morgan fingerprint density at radius 2 is 1.16 bits per heavy atom. The number of amides is 1. The Balaban J connectivity index is 1.48. The lowest BCUT2D eigenvalue weighted by Crippen LogP contribution is -2.46. The van der Waals surface area contributed by atoms with Crippen LogP contribution in [0.5, 0.6) is 0 Å². The van der Waals surface area contributed by atoms with E-state index in [4.69, 9.17) is 34.8 Å². The summed E-state index contributed by atoms with van der Waals surface area (Å²) in [6, 6.07) is 30.3. The van der Waals surface area contributed by atoms with E-state index in [0.29, 0.717) is 20.6 Å². The second kappa shape index (κ2) is 10.8. The lowest BCUT2D eigenvalue weighted by molar-refractivity contribution is 0.0943. The highest BCUT2D eigenvalue weighted by atomic mass is 35.5. The quantitative estimate of drug-likeness (QED) is 0.227. The standard InChI is InChI=1S/C30H22Cl3N3O/c31-26-11-5-22(6-12-26)21-1-3-23(4-2-21)29(37)35-19-30(36-18-17-34-20-36,24-7-13-27(32)14-8-24)25-9-15-28(33)16-10-25/h1-18,20H,19H2,(H,35,37). The first-order valence-corrected chi connectivity index (χ1v) is 12.7. The fourth-order valence-electron chi connectivity index (χ4n) is 4.46. The predicted octanol–water partition coefficient (Wildman–Crippen LogP) is 7.73. The second-order valence-corrected chi connectivity index (χ2v) is 9.92. The minimum atomic E-state index is -0.787. The molecule has 1 heterocycles. The Labute approximate surface area is 230 Å². The Morgan fingerprint density at radius 3 is 1.62 bits per heavy atom. The van der Waals surface area contributed by atoms with Crippen molar-refractivity contribution in [2.24, 2.45) is 0 Å². The maximum atomic E-state index is 13.3. The molecule has 4 nitrogen and oxygen atoms in total. The van der Waals surface area contributed by atoms with Crippen molar-refractivity contribution < 1.29 is 4.79 Å². The van der Waals surface area contributed by atoms with Crippen molar-refractivity contribution in [1.82, 2.24) is 14.9 Å². The molecule has 1 aromatic heterocycles. The van der Waals surface area contributed by atoms with Crippen molar-refractivity contribution in [1.29, 1.82) is 0 Å². The molecule has 0 fully saturated rings. The molecular formula is C30H22Cl3N3O. The molecule has 184 valence electrons. The van der Waals surface area contributed by atoms with Crippen molar-refractivity contribution in [3.63, 3.8) is 0 Å². The van der Waals surface area contributed by atoms with Gasteiger partial charge in [0, 0.05) is 39.6 Å². The van der Waals surface area contributed by atoms with Crippen LogP contribution in [0, 0.1) is 0 Å². The molecule has 7 heteroatoms. The smallest absolute Gasteiger partial charge is 0.251 e. The third-order valence-electron chi connectivity index (χ3n) is 6.42. The summed E-state index contributed by atoms with van der Waals surface area (Å²) in [5.74, 6) is -0.185. The SMILES string of the molecule is O=C(NCC(c1ccc(Cl)cc1)(c1ccc(Cl)cc1)n1ccnc1)c1ccc(-c2ccc(Cl)cc2)cc1. The molecule has 0 bridgehead atoms. The number of nitrogens with one attached hydrogen (secondary N) is 1. The van der Waals surface area contributed by atoms with E-state index in [0.717, 1.165) is 22.3 Å². The molecule has 0 saturated heterocycles. The van der Waals surface area contributed by atoms with Gasteiger partial charge in [0.2, 0.25) is 0 Å². The van der Waals surface area contributed by atoms with E-state index in [1.54, 1.807) is 12.5 Å². The van der Waals surface area contributed by atoms with Crippen LogP contribution in [0.2, 0.25) is 15.1 Å². The lowest BCUT2D eigenvalue weighted by atomic mass is 9.82. The molecule has 5 aromatic rings. The summed E-state index contributed by atoms with van der Waals surface area (Å²) in [5, 5.41) is 5.09. The molecule has 37 heavy (non-hydrogen) atoms. The maximum absolute atomic E-state index is 13.3. The minimum Gasteiger partial charge on any atom is -0.349 e. The van der Waals surface area contributed by atoms with Gasteiger partial charge in [0.1, 0.15) is 5.54 Å².